The average Bonchev–Trinajstić information content (AvgIpc) is 2.05. The van der Waals surface area contributed by atoms with E-state index in [4.69, 9.17) is 0 Å². The summed E-state index contributed by atoms with van der Waals surface area (Å²) in [5.41, 5.74) is 0. The molecule has 1 rings (SSSR count). The summed E-state index contributed by atoms with van der Waals surface area (Å²) >= 11 is 11.5. The molecule has 0 saturated carbocycles. The van der Waals surface area contributed by atoms with E-state index in [9.17, 15) is 0 Å². The summed E-state index contributed by atoms with van der Waals surface area (Å²) in [6.07, 6.45) is 0. The molecule has 0 aromatic rings. The molecule has 1 aliphatic heterocycles. The van der Waals surface area contributed by atoms with Crippen molar-refractivity contribution in [1.82, 2.24) is 0 Å². The van der Waals surface area contributed by atoms with Gasteiger partial charge in [0.05, 0.1) is 0 Å². The van der Waals surface area contributed by atoms with Crippen molar-refractivity contribution in [1.29, 1.82) is 0 Å². The second-order valence-electron chi connectivity index (χ2n) is 2.28. The second-order valence-corrected chi connectivity index (χ2v) is 7.46. The molecule has 0 bridgehead atoms. The van der Waals surface area contributed by atoms with Gasteiger partial charge >= 0.3 is 84.6 Å². The number of hydrogen-bond donors (Lipinski definition) is 2. The van der Waals surface area contributed by atoms with Gasteiger partial charge in [-0.3, -0.25) is 0 Å². The van der Waals surface area contributed by atoms with Crippen molar-refractivity contribution >= 4 is 52.0 Å². The van der Waals surface area contributed by atoms with Crippen LogP contribution in [0.15, 0.2) is 0 Å². The fourth-order valence-electron chi connectivity index (χ4n) is 0.873. The van der Waals surface area contributed by atoms with Crippen LogP contribution in [0, 0.1) is 0 Å². The summed E-state index contributed by atoms with van der Waals surface area (Å²) in [5.74, 6) is 4.84. The normalized spacial score (nSPS) is 34.2. The van der Waals surface area contributed by atoms with Crippen molar-refractivity contribution in [2.24, 2.45) is 0 Å². The number of thioether (sulfide) groups is 1. The van der Waals surface area contributed by atoms with Gasteiger partial charge in [-0.15, -0.1) is 0 Å². The van der Waals surface area contributed by atoms with Crippen LogP contribution in [0.1, 0.15) is 0 Å². The van der Waals surface area contributed by atoms with Crippen LogP contribution < -0.4 is 0 Å². The van der Waals surface area contributed by atoms with E-state index < -0.39 is 0 Å². The minimum atomic E-state index is 0.814. The molecule has 0 aromatic carbocycles. The van der Waals surface area contributed by atoms with Crippen molar-refractivity contribution in [2.45, 2.75) is 9.63 Å². The van der Waals surface area contributed by atoms with Crippen LogP contribution in [0.3, 0.4) is 0 Å². The fraction of sp³-hybridized carbons (Fsp3) is 1.00. The molecule has 4 heteroatoms. The maximum atomic E-state index is 4.32. The van der Waals surface area contributed by atoms with Crippen LogP contribution in [-0.2, 0) is 0 Å². The number of rotatable bonds is 2. The molecular weight excluding hydrogens is 247 g/mol. The van der Waals surface area contributed by atoms with Crippen molar-refractivity contribution in [2.75, 3.05) is 23.0 Å². The molecule has 0 N–H and O–H groups in total. The molecule has 0 aliphatic carbocycles. The van der Waals surface area contributed by atoms with Gasteiger partial charge in [0.15, 0.2) is 0 Å². The number of thiol groups is 2. The molecule has 60 valence electrons. The third-order valence-electron chi connectivity index (χ3n) is 1.40. The van der Waals surface area contributed by atoms with E-state index in [1.54, 1.807) is 0 Å². The third-order valence-corrected chi connectivity index (χ3v) is 8.63. The maximum absolute atomic E-state index is 4.32. The van der Waals surface area contributed by atoms with Crippen molar-refractivity contribution in [3.8, 4) is 0 Å². The molecule has 0 radical (unpaired) electrons. The van der Waals surface area contributed by atoms with E-state index in [-0.39, 0.29) is 0 Å². The Morgan fingerprint density at radius 1 is 1.20 bits per heavy atom. The summed E-state index contributed by atoms with van der Waals surface area (Å²) in [6.45, 7) is 0. The van der Waals surface area contributed by atoms with E-state index in [2.05, 4.69) is 37.0 Å². The van der Waals surface area contributed by atoms with E-state index in [1.807, 2.05) is 0 Å². The zero-order chi connectivity index (χ0) is 7.40. The molecular formula is C6H12S3Se. The van der Waals surface area contributed by atoms with E-state index in [1.165, 1.54) is 11.5 Å². The zero-order valence-corrected chi connectivity index (χ0v) is 10.0. The molecule has 1 heterocycles. The quantitative estimate of drug-likeness (QED) is 0.564. The molecule has 1 aliphatic rings. The summed E-state index contributed by atoms with van der Waals surface area (Å²) in [6, 6.07) is 0. The average molecular weight is 259 g/mol. The van der Waals surface area contributed by atoms with Crippen molar-refractivity contribution in [3.63, 3.8) is 0 Å². The van der Waals surface area contributed by atoms with Gasteiger partial charge in [0.2, 0.25) is 0 Å². The molecule has 0 nitrogen and oxygen atoms in total. The van der Waals surface area contributed by atoms with Gasteiger partial charge in [0.25, 0.3) is 0 Å². The van der Waals surface area contributed by atoms with Crippen LogP contribution >= 0.6 is 37.0 Å². The Bertz CT molecular complexity index is 89.0. The Morgan fingerprint density at radius 2 is 1.70 bits per heavy atom. The molecule has 2 unspecified atom stereocenters. The summed E-state index contributed by atoms with van der Waals surface area (Å²) in [4.78, 5) is 1.82. The Labute approximate surface area is 84.3 Å². The van der Waals surface area contributed by atoms with Crippen LogP contribution in [0.5, 0.6) is 0 Å². The van der Waals surface area contributed by atoms with Crippen LogP contribution in [0.4, 0.5) is 0 Å². The van der Waals surface area contributed by atoms with Gasteiger partial charge in [-0.2, -0.15) is 0 Å². The number of hydrogen-bond acceptors (Lipinski definition) is 3. The first-order valence-corrected chi connectivity index (χ1v) is 7.71. The summed E-state index contributed by atoms with van der Waals surface area (Å²) < 4.78 is 0. The van der Waals surface area contributed by atoms with Gasteiger partial charge in [-0.25, -0.2) is 0 Å². The Balaban J connectivity index is 2.25. The molecule has 2 atom stereocenters. The van der Waals surface area contributed by atoms with Crippen LogP contribution in [-0.4, -0.2) is 38.0 Å². The van der Waals surface area contributed by atoms with Gasteiger partial charge in [-0.05, 0) is 0 Å². The predicted molar refractivity (Wildman–Crippen MR) is 58.3 cm³/mol. The third kappa shape index (κ3) is 2.90. The summed E-state index contributed by atoms with van der Waals surface area (Å²) in [5, 5.41) is 0. The van der Waals surface area contributed by atoms with Crippen molar-refractivity contribution < 1.29 is 0 Å². The Morgan fingerprint density at radius 3 is 2.10 bits per heavy atom. The first-order valence-electron chi connectivity index (χ1n) is 3.31. The Hall–Kier alpha value is 1.57. The monoisotopic (exact) mass is 260 g/mol. The first-order chi connectivity index (χ1) is 4.86. The van der Waals surface area contributed by atoms with Gasteiger partial charge in [0.1, 0.15) is 0 Å². The minimum absolute atomic E-state index is 0.814. The predicted octanol–water partition coefficient (Wildman–Crippen LogP) is 1.87. The van der Waals surface area contributed by atoms with Gasteiger partial charge in [0, 0.05) is 0 Å². The fourth-order valence-corrected chi connectivity index (χ4v) is 7.13. The van der Waals surface area contributed by atoms with Crippen LogP contribution in [0.25, 0.3) is 0 Å². The molecule has 0 aromatic heterocycles. The van der Waals surface area contributed by atoms with E-state index in [0.29, 0.717) is 0 Å². The first kappa shape index (κ1) is 9.66. The van der Waals surface area contributed by atoms with Gasteiger partial charge in [-0.1, -0.05) is 0 Å². The second kappa shape index (κ2) is 5.26. The topological polar surface area (TPSA) is 0 Å². The standard InChI is InChI=1S/C6H12S3Se/c7-1-5-3-9-4-6(2-8)10-5/h5-8H,1-4H2. The molecule has 0 spiro atoms. The molecule has 1 saturated heterocycles. The van der Waals surface area contributed by atoms with Gasteiger partial charge < -0.3 is 0 Å². The van der Waals surface area contributed by atoms with E-state index in [0.717, 1.165) is 36.1 Å². The van der Waals surface area contributed by atoms with Crippen LogP contribution in [0.2, 0.25) is 9.63 Å². The molecule has 10 heavy (non-hydrogen) atoms. The zero-order valence-electron chi connectivity index (χ0n) is 5.69. The van der Waals surface area contributed by atoms with Crippen molar-refractivity contribution in [3.05, 3.63) is 0 Å². The van der Waals surface area contributed by atoms with E-state index >= 15 is 0 Å². The molecule has 1 fully saturated rings. The summed E-state index contributed by atoms with van der Waals surface area (Å²) in [7, 11) is 0. The SMILES string of the molecule is SCC1CSCC(CS)[Se]1. The Kier molecular flexibility index (Phi) is 5.08. The molecule has 0 amide bonds.